The normalized spacial score (nSPS) is 22.4. The summed E-state index contributed by atoms with van der Waals surface area (Å²) in [7, 11) is -3.41. The lowest BCUT2D eigenvalue weighted by Gasteiger charge is -2.12. The highest BCUT2D eigenvalue weighted by Crippen LogP contribution is 2.35. The highest BCUT2D eigenvalue weighted by Gasteiger charge is 2.38. The Morgan fingerprint density at radius 1 is 1.56 bits per heavy atom. The Balaban J connectivity index is 2.32. The molecule has 0 aromatic heterocycles. The number of carboxylic acids is 1. The molecule has 0 radical (unpaired) electrons. The van der Waals surface area contributed by atoms with E-state index in [0.717, 1.165) is 0 Å². The van der Waals surface area contributed by atoms with Crippen LogP contribution in [-0.2, 0) is 21.1 Å². The summed E-state index contributed by atoms with van der Waals surface area (Å²) in [4.78, 5) is 11.1. The van der Waals surface area contributed by atoms with Crippen LogP contribution < -0.4 is 0 Å². The van der Waals surface area contributed by atoms with Crippen molar-refractivity contribution in [2.24, 2.45) is 5.92 Å². The van der Waals surface area contributed by atoms with Gasteiger partial charge < -0.3 is 5.11 Å². The summed E-state index contributed by atoms with van der Waals surface area (Å²) in [5.41, 5.74) is 0.685. The molecule has 0 amide bonds. The van der Waals surface area contributed by atoms with Gasteiger partial charge >= 0.3 is 5.97 Å². The predicted molar refractivity (Wildman–Crippen MR) is 67.5 cm³/mol. The zero-order valence-corrected chi connectivity index (χ0v) is 11.3. The molecular weight excluding hydrogens is 276 g/mol. The molecule has 6 heteroatoms. The van der Waals surface area contributed by atoms with Crippen molar-refractivity contribution < 1.29 is 18.3 Å². The maximum atomic E-state index is 12.2. The van der Waals surface area contributed by atoms with E-state index in [-0.39, 0.29) is 11.3 Å². The zero-order chi connectivity index (χ0) is 13.5. The first-order chi connectivity index (χ1) is 8.32. The van der Waals surface area contributed by atoms with Crippen LogP contribution >= 0.6 is 11.6 Å². The molecule has 1 N–H and O–H groups in total. The smallest absolute Gasteiger partial charge is 0.306 e. The van der Waals surface area contributed by atoms with Crippen molar-refractivity contribution in [3.63, 3.8) is 0 Å². The second kappa shape index (κ2) is 4.55. The summed E-state index contributed by atoms with van der Waals surface area (Å²) in [6.45, 7) is 1.52. The van der Waals surface area contributed by atoms with Gasteiger partial charge in [-0.25, -0.2) is 8.42 Å². The molecule has 1 heterocycles. The molecule has 0 saturated heterocycles. The fraction of sp³-hybridized carbons (Fsp3) is 0.417. The zero-order valence-electron chi connectivity index (χ0n) is 9.76. The van der Waals surface area contributed by atoms with Gasteiger partial charge in [-0.3, -0.25) is 4.79 Å². The number of rotatable bonds is 3. The number of halogens is 1. The first-order valence-corrected chi connectivity index (χ1v) is 7.50. The van der Waals surface area contributed by atoms with Gasteiger partial charge in [0, 0.05) is 5.02 Å². The van der Waals surface area contributed by atoms with E-state index in [1.165, 1.54) is 13.0 Å². The van der Waals surface area contributed by atoms with Gasteiger partial charge in [0.05, 0.1) is 16.1 Å². The van der Waals surface area contributed by atoms with Crippen LogP contribution in [0.25, 0.3) is 0 Å². The van der Waals surface area contributed by atoms with E-state index in [4.69, 9.17) is 16.7 Å². The lowest BCUT2D eigenvalue weighted by Crippen LogP contribution is -2.23. The molecule has 98 valence electrons. The third-order valence-electron chi connectivity index (χ3n) is 3.25. The molecule has 4 nitrogen and oxygen atoms in total. The van der Waals surface area contributed by atoms with Gasteiger partial charge in [0.25, 0.3) is 0 Å². The van der Waals surface area contributed by atoms with E-state index in [2.05, 4.69) is 0 Å². The van der Waals surface area contributed by atoms with Crippen LogP contribution in [0.15, 0.2) is 23.1 Å². The van der Waals surface area contributed by atoms with Crippen LogP contribution in [0.3, 0.4) is 0 Å². The first-order valence-electron chi connectivity index (χ1n) is 5.57. The van der Waals surface area contributed by atoms with E-state index in [1.54, 1.807) is 12.1 Å². The topological polar surface area (TPSA) is 71.4 Å². The van der Waals surface area contributed by atoms with E-state index in [0.29, 0.717) is 17.0 Å². The first kappa shape index (κ1) is 13.4. The van der Waals surface area contributed by atoms with Crippen molar-refractivity contribution in [1.82, 2.24) is 0 Å². The molecule has 2 unspecified atom stereocenters. The van der Waals surface area contributed by atoms with Crippen LogP contribution in [0.1, 0.15) is 18.9 Å². The Morgan fingerprint density at radius 2 is 2.22 bits per heavy atom. The Hall–Kier alpha value is -1.07. The summed E-state index contributed by atoms with van der Waals surface area (Å²) in [5.74, 6) is -1.64. The highest BCUT2D eigenvalue weighted by molar-refractivity contribution is 7.92. The minimum absolute atomic E-state index is 0.129. The van der Waals surface area contributed by atoms with Gasteiger partial charge in [-0.2, -0.15) is 0 Å². The van der Waals surface area contributed by atoms with Crippen molar-refractivity contribution in [1.29, 1.82) is 0 Å². The number of hydrogen-bond donors (Lipinski definition) is 1. The van der Waals surface area contributed by atoms with Crippen molar-refractivity contribution >= 4 is 27.4 Å². The van der Waals surface area contributed by atoms with Gasteiger partial charge in [-0.05, 0) is 36.6 Å². The van der Waals surface area contributed by atoms with Crippen LogP contribution in [0, 0.1) is 5.92 Å². The quantitative estimate of drug-likeness (QED) is 0.925. The van der Waals surface area contributed by atoms with Crippen molar-refractivity contribution in [3.05, 3.63) is 28.8 Å². The molecule has 0 aliphatic carbocycles. The summed E-state index contributed by atoms with van der Waals surface area (Å²) in [5, 5.41) is 8.70. The van der Waals surface area contributed by atoms with Crippen LogP contribution in [-0.4, -0.2) is 24.7 Å². The second-order valence-corrected chi connectivity index (χ2v) is 7.23. The number of hydrogen-bond acceptors (Lipinski definition) is 3. The van der Waals surface area contributed by atoms with E-state index in [1.807, 2.05) is 0 Å². The number of benzene rings is 1. The van der Waals surface area contributed by atoms with Crippen LogP contribution in [0.4, 0.5) is 0 Å². The number of carbonyl (C=O) groups is 1. The Labute approximate surface area is 110 Å². The number of fused-ring (bicyclic) bond motifs is 1. The minimum atomic E-state index is -3.41. The van der Waals surface area contributed by atoms with Gasteiger partial charge in [-0.15, -0.1) is 0 Å². The molecule has 1 aliphatic rings. The minimum Gasteiger partial charge on any atom is -0.481 e. The molecule has 0 fully saturated rings. The fourth-order valence-electron chi connectivity index (χ4n) is 2.22. The summed E-state index contributed by atoms with van der Waals surface area (Å²) in [6.07, 6.45) is 0.472. The maximum Gasteiger partial charge on any atom is 0.306 e. The Morgan fingerprint density at radius 3 is 2.83 bits per heavy atom. The molecule has 2 rings (SSSR count). The average molecular weight is 289 g/mol. The summed E-state index contributed by atoms with van der Waals surface area (Å²) in [6, 6.07) is 4.68. The Bertz CT molecular complexity index is 594. The average Bonchev–Trinajstić information content (AvgIpc) is 2.50. The lowest BCUT2D eigenvalue weighted by molar-refractivity contribution is -0.141. The molecule has 1 aromatic carbocycles. The second-order valence-electron chi connectivity index (χ2n) is 4.60. The standard InChI is InChI=1S/C12H13ClO4S/c1-7(12(14)15)4-10-6-8-5-9(13)2-3-11(8)18(10,16)17/h2-3,5,7,10H,4,6H2,1H3,(H,14,15). The van der Waals surface area contributed by atoms with E-state index < -0.39 is 27.0 Å². The van der Waals surface area contributed by atoms with Crippen molar-refractivity contribution in [3.8, 4) is 0 Å². The van der Waals surface area contributed by atoms with Gasteiger partial charge in [-0.1, -0.05) is 18.5 Å². The molecule has 1 aromatic rings. The molecule has 1 aliphatic heterocycles. The number of aliphatic carboxylic acids is 1. The third-order valence-corrected chi connectivity index (χ3v) is 5.74. The number of sulfone groups is 1. The van der Waals surface area contributed by atoms with Crippen LogP contribution in [0.2, 0.25) is 5.02 Å². The van der Waals surface area contributed by atoms with Crippen molar-refractivity contribution in [2.75, 3.05) is 0 Å². The molecule has 0 saturated carbocycles. The molecule has 2 atom stereocenters. The van der Waals surface area contributed by atoms with Gasteiger partial charge in [0.2, 0.25) is 0 Å². The number of carboxylic acid groups (broad SMARTS) is 1. The third kappa shape index (κ3) is 2.24. The summed E-state index contributed by atoms with van der Waals surface area (Å²) >= 11 is 5.83. The Kier molecular flexibility index (Phi) is 3.38. The fourth-order valence-corrected chi connectivity index (χ4v) is 4.49. The van der Waals surface area contributed by atoms with E-state index in [9.17, 15) is 13.2 Å². The van der Waals surface area contributed by atoms with Crippen molar-refractivity contribution in [2.45, 2.75) is 29.9 Å². The largest absolute Gasteiger partial charge is 0.481 e. The monoisotopic (exact) mass is 288 g/mol. The SMILES string of the molecule is CC(CC1Cc2cc(Cl)ccc2S1(=O)=O)C(=O)O. The molecule has 18 heavy (non-hydrogen) atoms. The van der Waals surface area contributed by atoms with E-state index >= 15 is 0 Å². The van der Waals surface area contributed by atoms with Crippen LogP contribution in [0.5, 0.6) is 0 Å². The van der Waals surface area contributed by atoms with Gasteiger partial charge in [0.1, 0.15) is 0 Å². The summed E-state index contributed by atoms with van der Waals surface area (Å²) < 4.78 is 24.4. The molecule has 0 spiro atoms. The predicted octanol–water partition coefficient (Wildman–Crippen LogP) is 2.15. The highest BCUT2D eigenvalue weighted by atomic mass is 35.5. The molecule has 0 bridgehead atoms. The van der Waals surface area contributed by atoms with Gasteiger partial charge in [0.15, 0.2) is 9.84 Å². The lowest BCUT2D eigenvalue weighted by atomic mass is 10.0. The molecular formula is C12H13ClO4S. The maximum absolute atomic E-state index is 12.2.